The van der Waals surface area contributed by atoms with Crippen LogP contribution in [0.25, 0.3) is 0 Å². The van der Waals surface area contributed by atoms with E-state index in [4.69, 9.17) is 0 Å². The van der Waals surface area contributed by atoms with Gasteiger partial charge in [-0.25, -0.2) is 4.39 Å². The van der Waals surface area contributed by atoms with Crippen molar-refractivity contribution in [2.75, 3.05) is 30.4 Å². The normalized spacial score (nSPS) is 13.6. The highest BCUT2D eigenvalue weighted by molar-refractivity contribution is 6.00. The fourth-order valence-electron chi connectivity index (χ4n) is 2.98. The number of anilines is 2. The minimum absolute atomic E-state index is 0.0835. The number of hydrogen-bond acceptors (Lipinski definition) is 3. The molecule has 27 heavy (non-hydrogen) atoms. The number of hydrogen-bond donors (Lipinski definition) is 1. The SMILES string of the molecule is CN(CC(=O)Nc1cccc(F)c1)C(=O)c1ccc(N2CCCC2=O)cc1. The monoisotopic (exact) mass is 369 g/mol. The van der Waals surface area contributed by atoms with Crippen molar-refractivity contribution in [3.63, 3.8) is 0 Å². The second-order valence-electron chi connectivity index (χ2n) is 6.42. The zero-order valence-corrected chi connectivity index (χ0v) is 14.9. The smallest absolute Gasteiger partial charge is 0.254 e. The van der Waals surface area contributed by atoms with E-state index >= 15 is 0 Å². The van der Waals surface area contributed by atoms with Crippen molar-refractivity contribution in [1.82, 2.24) is 4.90 Å². The summed E-state index contributed by atoms with van der Waals surface area (Å²) in [5, 5.41) is 2.55. The van der Waals surface area contributed by atoms with Crippen LogP contribution in [0.5, 0.6) is 0 Å². The Bertz CT molecular complexity index is 867. The second-order valence-corrected chi connectivity index (χ2v) is 6.42. The molecule has 1 saturated heterocycles. The van der Waals surface area contributed by atoms with E-state index in [0.717, 1.165) is 12.1 Å². The van der Waals surface area contributed by atoms with Gasteiger partial charge in [0.2, 0.25) is 11.8 Å². The van der Waals surface area contributed by atoms with Crippen LogP contribution in [0.4, 0.5) is 15.8 Å². The molecule has 2 aromatic carbocycles. The quantitative estimate of drug-likeness (QED) is 0.881. The van der Waals surface area contributed by atoms with Crippen LogP contribution in [0, 0.1) is 5.82 Å². The first-order chi connectivity index (χ1) is 12.9. The second kappa shape index (κ2) is 7.99. The van der Waals surface area contributed by atoms with E-state index in [9.17, 15) is 18.8 Å². The van der Waals surface area contributed by atoms with E-state index in [1.165, 1.54) is 30.1 Å². The zero-order chi connectivity index (χ0) is 19.4. The van der Waals surface area contributed by atoms with E-state index < -0.39 is 11.7 Å². The molecule has 0 atom stereocenters. The van der Waals surface area contributed by atoms with Crippen molar-refractivity contribution in [3.8, 4) is 0 Å². The number of rotatable bonds is 5. The van der Waals surface area contributed by atoms with Crippen molar-refractivity contribution in [1.29, 1.82) is 0 Å². The molecule has 0 unspecified atom stereocenters. The van der Waals surface area contributed by atoms with Crippen LogP contribution in [0.2, 0.25) is 0 Å². The van der Waals surface area contributed by atoms with Crippen LogP contribution < -0.4 is 10.2 Å². The Kier molecular flexibility index (Phi) is 5.49. The first kappa shape index (κ1) is 18.6. The maximum atomic E-state index is 13.2. The lowest BCUT2D eigenvalue weighted by atomic mass is 10.1. The van der Waals surface area contributed by atoms with Gasteiger partial charge < -0.3 is 15.1 Å². The summed E-state index contributed by atoms with van der Waals surface area (Å²) >= 11 is 0. The lowest BCUT2D eigenvalue weighted by molar-refractivity contribution is -0.117. The Hall–Kier alpha value is -3.22. The fraction of sp³-hybridized carbons (Fsp3) is 0.250. The van der Waals surface area contributed by atoms with Gasteiger partial charge in [-0.2, -0.15) is 0 Å². The van der Waals surface area contributed by atoms with Crippen molar-refractivity contribution in [3.05, 3.63) is 59.9 Å². The predicted molar refractivity (Wildman–Crippen MR) is 100 cm³/mol. The van der Waals surface area contributed by atoms with Gasteiger partial charge in [0.1, 0.15) is 5.82 Å². The van der Waals surface area contributed by atoms with Gasteiger partial charge in [0.15, 0.2) is 0 Å². The van der Waals surface area contributed by atoms with E-state index in [0.29, 0.717) is 24.2 Å². The lowest BCUT2D eigenvalue weighted by Crippen LogP contribution is -2.35. The molecule has 1 aliphatic rings. The van der Waals surface area contributed by atoms with Crippen LogP contribution in [0.15, 0.2) is 48.5 Å². The van der Waals surface area contributed by atoms with Crippen LogP contribution in [0.3, 0.4) is 0 Å². The van der Waals surface area contributed by atoms with Gasteiger partial charge in [-0.1, -0.05) is 6.07 Å². The number of carbonyl (C=O) groups excluding carboxylic acids is 3. The molecule has 2 aromatic rings. The molecule has 0 aliphatic carbocycles. The van der Waals surface area contributed by atoms with Crippen LogP contribution in [-0.4, -0.2) is 42.8 Å². The van der Waals surface area contributed by atoms with Gasteiger partial charge in [-0.3, -0.25) is 14.4 Å². The molecule has 0 spiro atoms. The predicted octanol–water partition coefficient (Wildman–Crippen LogP) is 2.66. The number of benzene rings is 2. The topological polar surface area (TPSA) is 69.7 Å². The molecule has 1 aliphatic heterocycles. The summed E-state index contributed by atoms with van der Waals surface area (Å²) in [6.45, 7) is 0.522. The third-order valence-electron chi connectivity index (χ3n) is 4.34. The van der Waals surface area contributed by atoms with Crippen LogP contribution >= 0.6 is 0 Å². The summed E-state index contributed by atoms with van der Waals surface area (Å²) < 4.78 is 13.2. The number of likely N-dealkylation sites (N-methyl/N-ethyl adjacent to an activating group) is 1. The van der Waals surface area contributed by atoms with E-state index in [2.05, 4.69) is 5.32 Å². The average Bonchev–Trinajstić information content (AvgIpc) is 3.07. The Balaban J connectivity index is 1.59. The highest BCUT2D eigenvalue weighted by Crippen LogP contribution is 2.22. The number of carbonyl (C=O) groups is 3. The average molecular weight is 369 g/mol. The van der Waals surface area contributed by atoms with Gasteiger partial charge in [0.25, 0.3) is 5.91 Å². The molecule has 0 radical (unpaired) electrons. The Morgan fingerprint density at radius 2 is 1.93 bits per heavy atom. The molecule has 7 heteroatoms. The minimum atomic E-state index is -0.450. The first-order valence-corrected chi connectivity index (χ1v) is 8.65. The largest absolute Gasteiger partial charge is 0.332 e. The summed E-state index contributed by atoms with van der Waals surface area (Å²) in [6, 6.07) is 12.3. The molecule has 3 amide bonds. The van der Waals surface area contributed by atoms with E-state index in [1.54, 1.807) is 35.2 Å². The number of nitrogens with one attached hydrogen (secondary N) is 1. The Morgan fingerprint density at radius 1 is 1.19 bits per heavy atom. The maximum Gasteiger partial charge on any atom is 0.254 e. The molecule has 0 bridgehead atoms. The summed E-state index contributed by atoms with van der Waals surface area (Å²) in [5.74, 6) is -1.10. The van der Waals surface area contributed by atoms with Gasteiger partial charge >= 0.3 is 0 Å². The molecule has 3 rings (SSSR count). The van der Waals surface area contributed by atoms with Crippen molar-refractivity contribution in [2.24, 2.45) is 0 Å². The molecule has 1 fully saturated rings. The lowest BCUT2D eigenvalue weighted by Gasteiger charge is -2.19. The molecule has 0 aromatic heterocycles. The number of amides is 3. The van der Waals surface area contributed by atoms with E-state index in [1.807, 2.05) is 0 Å². The van der Waals surface area contributed by atoms with Gasteiger partial charge in [0, 0.05) is 37.0 Å². The summed E-state index contributed by atoms with van der Waals surface area (Å²) in [5.41, 5.74) is 1.52. The minimum Gasteiger partial charge on any atom is -0.332 e. The van der Waals surface area contributed by atoms with Crippen molar-refractivity contribution in [2.45, 2.75) is 12.8 Å². The van der Waals surface area contributed by atoms with Gasteiger partial charge in [-0.15, -0.1) is 0 Å². The molecule has 1 heterocycles. The fourth-order valence-corrected chi connectivity index (χ4v) is 2.98. The molecule has 1 N–H and O–H groups in total. The van der Waals surface area contributed by atoms with Crippen molar-refractivity contribution >= 4 is 29.1 Å². The van der Waals surface area contributed by atoms with Crippen LogP contribution in [0.1, 0.15) is 23.2 Å². The molecule has 6 nitrogen and oxygen atoms in total. The third-order valence-corrected chi connectivity index (χ3v) is 4.34. The number of halogens is 1. The van der Waals surface area contributed by atoms with Gasteiger partial charge in [-0.05, 0) is 48.9 Å². The summed E-state index contributed by atoms with van der Waals surface area (Å²) in [6.07, 6.45) is 1.38. The summed E-state index contributed by atoms with van der Waals surface area (Å²) in [4.78, 5) is 39.3. The number of nitrogens with zero attached hydrogens (tertiary/aromatic N) is 2. The molecule has 0 saturated carbocycles. The Morgan fingerprint density at radius 3 is 2.56 bits per heavy atom. The van der Waals surface area contributed by atoms with E-state index in [-0.39, 0.29) is 18.4 Å². The highest BCUT2D eigenvalue weighted by Gasteiger charge is 2.22. The highest BCUT2D eigenvalue weighted by atomic mass is 19.1. The third kappa shape index (κ3) is 4.49. The summed E-state index contributed by atoms with van der Waals surface area (Å²) in [7, 11) is 1.52. The Labute approximate surface area is 156 Å². The van der Waals surface area contributed by atoms with Crippen LogP contribution in [-0.2, 0) is 9.59 Å². The molecular formula is C20H20FN3O3. The van der Waals surface area contributed by atoms with Gasteiger partial charge in [0.05, 0.1) is 6.54 Å². The molecule has 140 valence electrons. The van der Waals surface area contributed by atoms with Crippen molar-refractivity contribution < 1.29 is 18.8 Å². The first-order valence-electron chi connectivity index (χ1n) is 8.65. The zero-order valence-electron chi connectivity index (χ0n) is 14.9. The maximum absolute atomic E-state index is 13.2. The standard InChI is InChI=1S/C20H20FN3O3/c1-23(13-18(25)22-16-5-2-4-15(21)12-16)20(27)14-7-9-17(10-8-14)24-11-3-6-19(24)26/h2,4-5,7-10,12H,3,6,11,13H2,1H3,(H,22,25). The molecular weight excluding hydrogens is 349 g/mol.